The van der Waals surface area contributed by atoms with E-state index in [4.69, 9.17) is 51.1 Å². The maximum atomic E-state index is 13.2. The van der Waals surface area contributed by atoms with Gasteiger partial charge in [0.15, 0.2) is 6.61 Å². The highest BCUT2D eigenvalue weighted by molar-refractivity contribution is 6.55. The van der Waals surface area contributed by atoms with Gasteiger partial charge in [0, 0.05) is 5.69 Å². The summed E-state index contributed by atoms with van der Waals surface area (Å²) in [5.41, 5.74) is 1.87. The predicted molar refractivity (Wildman–Crippen MR) is 136 cm³/mol. The zero-order valence-corrected chi connectivity index (χ0v) is 22.2. The van der Waals surface area contributed by atoms with Crippen LogP contribution in [0.1, 0.15) is 58.0 Å². The van der Waals surface area contributed by atoms with Gasteiger partial charge in [-0.3, -0.25) is 19.3 Å². The molecular formula is C24H22Cl4N2O5. The van der Waals surface area contributed by atoms with Crippen molar-refractivity contribution in [3.63, 3.8) is 0 Å². The Bertz CT molecular complexity index is 1160. The Kier molecular flexibility index (Phi) is 8.70. The summed E-state index contributed by atoms with van der Waals surface area (Å²) in [6.07, 6.45) is 1.31. The van der Waals surface area contributed by atoms with Crippen LogP contribution in [0.5, 0.6) is 0 Å². The van der Waals surface area contributed by atoms with E-state index in [1.165, 1.54) is 0 Å². The molecule has 0 saturated carbocycles. The average molecular weight is 560 g/mol. The quantitative estimate of drug-likeness (QED) is 0.178. The van der Waals surface area contributed by atoms with E-state index in [-0.39, 0.29) is 37.6 Å². The Hall–Kier alpha value is -2.32. The minimum Gasteiger partial charge on any atom is -0.454 e. The van der Waals surface area contributed by atoms with Gasteiger partial charge in [0.2, 0.25) is 0 Å². The van der Waals surface area contributed by atoms with Crippen molar-refractivity contribution in [3.8, 4) is 0 Å². The first kappa shape index (κ1) is 27.3. The SMILES string of the molecule is CCCC[C@@H](C(=O)OCC(=O)Nc1c(C)cccc1C)N1C(=O)c2c(Cl)c(Cl)c(Cl)c(Cl)c2C1=O. The van der Waals surface area contributed by atoms with Crippen molar-refractivity contribution in [3.05, 3.63) is 60.5 Å². The van der Waals surface area contributed by atoms with Crippen LogP contribution in [-0.4, -0.2) is 41.2 Å². The van der Waals surface area contributed by atoms with Crippen LogP contribution in [0.4, 0.5) is 5.69 Å². The van der Waals surface area contributed by atoms with Crippen LogP contribution in [-0.2, 0) is 14.3 Å². The minimum absolute atomic E-state index is 0.121. The molecule has 1 aliphatic rings. The number of amides is 3. The number of halogens is 4. The number of anilines is 1. The lowest BCUT2D eigenvalue weighted by Gasteiger charge is -2.24. The molecule has 0 aromatic heterocycles. The van der Waals surface area contributed by atoms with Crippen molar-refractivity contribution >= 4 is 75.8 Å². The number of hydrogen-bond donors (Lipinski definition) is 1. The molecule has 11 heteroatoms. The summed E-state index contributed by atoms with van der Waals surface area (Å²) in [4.78, 5) is 52.6. The topological polar surface area (TPSA) is 92.8 Å². The normalized spacial score (nSPS) is 13.6. The van der Waals surface area contributed by atoms with Gasteiger partial charge in [-0.2, -0.15) is 0 Å². The molecule has 0 spiro atoms. The smallest absolute Gasteiger partial charge is 0.329 e. The summed E-state index contributed by atoms with van der Waals surface area (Å²) >= 11 is 24.5. The van der Waals surface area contributed by atoms with Crippen LogP contribution in [0.15, 0.2) is 18.2 Å². The van der Waals surface area contributed by atoms with Crippen LogP contribution >= 0.6 is 46.4 Å². The van der Waals surface area contributed by atoms with E-state index in [0.29, 0.717) is 18.5 Å². The molecule has 2 aromatic rings. The van der Waals surface area contributed by atoms with E-state index in [9.17, 15) is 19.2 Å². The number of unbranched alkanes of at least 4 members (excludes halogenated alkanes) is 1. The lowest BCUT2D eigenvalue weighted by Crippen LogP contribution is -2.46. The number of ether oxygens (including phenoxy) is 1. The first-order valence-corrected chi connectivity index (χ1v) is 12.3. The van der Waals surface area contributed by atoms with Gasteiger partial charge in [-0.15, -0.1) is 0 Å². The molecule has 3 rings (SSSR count). The molecule has 0 aliphatic carbocycles. The first-order chi connectivity index (χ1) is 16.5. The molecular weight excluding hydrogens is 538 g/mol. The molecule has 1 atom stereocenters. The molecule has 0 bridgehead atoms. The number of nitrogens with zero attached hydrogens (tertiary/aromatic N) is 1. The van der Waals surface area contributed by atoms with Gasteiger partial charge >= 0.3 is 5.97 Å². The van der Waals surface area contributed by atoms with E-state index >= 15 is 0 Å². The van der Waals surface area contributed by atoms with E-state index in [0.717, 1.165) is 16.0 Å². The fraction of sp³-hybridized carbons (Fsp3) is 0.333. The van der Waals surface area contributed by atoms with Gasteiger partial charge in [-0.1, -0.05) is 84.4 Å². The number of carbonyl (C=O) groups excluding carboxylic acids is 4. The van der Waals surface area contributed by atoms with Crippen molar-refractivity contribution < 1.29 is 23.9 Å². The molecule has 1 N–H and O–H groups in total. The fourth-order valence-corrected chi connectivity index (χ4v) is 4.83. The Morgan fingerprint density at radius 2 is 1.46 bits per heavy atom. The molecule has 0 fully saturated rings. The zero-order chi connectivity index (χ0) is 26.0. The van der Waals surface area contributed by atoms with Crippen LogP contribution in [0.25, 0.3) is 0 Å². The lowest BCUT2D eigenvalue weighted by atomic mass is 10.1. The second kappa shape index (κ2) is 11.2. The fourth-order valence-electron chi connectivity index (χ4n) is 3.82. The minimum atomic E-state index is -1.29. The van der Waals surface area contributed by atoms with Gasteiger partial charge in [0.05, 0.1) is 31.2 Å². The number of imide groups is 1. The molecule has 2 aromatic carbocycles. The Morgan fingerprint density at radius 1 is 0.943 bits per heavy atom. The highest BCUT2D eigenvalue weighted by Gasteiger charge is 2.47. The summed E-state index contributed by atoms with van der Waals surface area (Å²) in [7, 11) is 0. The number of benzene rings is 2. The number of para-hydroxylation sites is 1. The number of carbonyl (C=O) groups is 4. The van der Waals surface area contributed by atoms with E-state index in [1.54, 1.807) is 0 Å². The maximum Gasteiger partial charge on any atom is 0.329 e. The van der Waals surface area contributed by atoms with Crippen molar-refractivity contribution in [2.75, 3.05) is 11.9 Å². The van der Waals surface area contributed by atoms with Crippen LogP contribution in [0.2, 0.25) is 20.1 Å². The Balaban J connectivity index is 1.82. The maximum absolute atomic E-state index is 13.2. The molecule has 0 radical (unpaired) electrons. The second-order valence-electron chi connectivity index (χ2n) is 8.07. The molecule has 3 amide bonds. The molecule has 1 heterocycles. The van der Waals surface area contributed by atoms with Gasteiger partial charge in [0.25, 0.3) is 17.7 Å². The number of rotatable bonds is 8. The van der Waals surface area contributed by atoms with E-state index in [1.807, 2.05) is 39.0 Å². The van der Waals surface area contributed by atoms with Gasteiger partial charge in [0.1, 0.15) is 6.04 Å². The van der Waals surface area contributed by atoms with Crippen molar-refractivity contribution in [2.24, 2.45) is 0 Å². The molecule has 0 saturated heterocycles. The van der Waals surface area contributed by atoms with Crippen molar-refractivity contribution in [2.45, 2.75) is 46.1 Å². The predicted octanol–water partition coefficient (Wildman–Crippen LogP) is 6.25. The number of fused-ring (bicyclic) bond motifs is 1. The number of esters is 1. The molecule has 1 aliphatic heterocycles. The third-order valence-corrected chi connectivity index (χ3v) is 7.44. The Morgan fingerprint density at radius 3 is 1.94 bits per heavy atom. The summed E-state index contributed by atoms with van der Waals surface area (Å²) in [6.45, 7) is 4.96. The van der Waals surface area contributed by atoms with E-state index < -0.39 is 36.3 Å². The number of aryl methyl sites for hydroxylation is 2. The zero-order valence-electron chi connectivity index (χ0n) is 19.1. The van der Waals surface area contributed by atoms with Crippen molar-refractivity contribution in [1.29, 1.82) is 0 Å². The lowest BCUT2D eigenvalue weighted by molar-refractivity contribution is -0.151. The summed E-state index contributed by atoms with van der Waals surface area (Å²) in [5, 5.41) is 1.92. The molecule has 35 heavy (non-hydrogen) atoms. The largest absolute Gasteiger partial charge is 0.454 e. The summed E-state index contributed by atoms with van der Waals surface area (Å²) < 4.78 is 5.22. The van der Waals surface area contributed by atoms with Crippen LogP contribution in [0.3, 0.4) is 0 Å². The third kappa shape index (κ3) is 5.28. The number of nitrogens with one attached hydrogen (secondary N) is 1. The summed E-state index contributed by atoms with van der Waals surface area (Å²) in [5.74, 6) is -3.15. The van der Waals surface area contributed by atoms with Gasteiger partial charge in [-0.25, -0.2) is 4.79 Å². The third-order valence-electron chi connectivity index (χ3n) is 5.64. The van der Waals surface area contributed by atoms with Crippen LogP contribution in [0, 0.1) is 13.8 Å². The van der Waals surface area contributed by atoms with Crippen LogP contribution < -0.4 is 5.32 Å². The van der Waals surface area contributed by atoms with Gasteiger partial charge in [-0.05, 0) is 31.4 Å². The highest BCUT2D eigenvalue weighted by Crippen LogP contribution is 2.45. The standard InChI is InChI=1S/C24H22Cl4N2O5/c1-4-5-9-13(24(34)35-10-14(31)29-21-11(2)7-6-8-12(21)3)30-22(32)15-16(23(30)33)18(26)20(28)19(27)17(15)25/h6-8,13H,4-5,9-10H2,1-3H3,(H,29,31)/t13-/m0/s1. The monoisotopic (exact) mass is 558 g/mol. The second-order valence-corrected chi connectivity index (χ2v) is 9.58. The molecule has 186 valence electrons. The molecule has 7 nitrogen and oxygen atoms in total. The Labute approximate surface area is 222 Å². The van der Waals surface area contributed by atoms with Crippen molar-refractivity contribution in [1.82, 2.24) is 4.90 Å². The highest BCUT2D eigenvalue weighted by atomic mass is 35.5. The summed E-state index contributed by atoms with van der Waals surface area (Å²) in [6, 6.07) is 4.25. The average Bonchev–Trinajstić information content (AvgIpc) is 3.08. The first-order valence-electron chi connectivity index (χ1n) is 10.8. The van der Waals surface area contributed by atoms with Gasteiger partial charge < -0.3 is 10.1 Å². The number of hydrogen-bond acceptors (Lipinski definition) is 5. The van der Waals surface area contributed by atoms with E-state index in [2.05, 4.69) is 5.32 Å². The molecule has 0 unspecified atom stereocenters.